The van der Waals surface area contributed by atoms with Gasteiger partial charge in [-0.25, -0.2) is 0 Å². The standard InChI is InChI=1S/C45H32N2O/c1-2-12-30(13-3-1)43-34-15-5-9-19-40(34)46-44(47-43)31-24-22-29(23-25-31)32-26-27-37-35(28-32)33-14-4-6-16-36(33)45(37)38-17-7-10-20-41(38)48-42-21-11-8-18-39(42)45/h1-28,43-44,46-47H. The number of anilines is 1. The van der Waals surface area contributed by atoms with E-state index >= 15 is 0 Å². The maximum atomic E-state index is 6.49. The minimum Gasteiger partial charge on any atom is -0.457 e. The van der Waals surface area contributed by atoms with E-state index in [1.54, 1.807) is 0 Å². The van der Waals surface area contributed by atoms with Crippen LogP contribution in [0.25, 0.3) is 22.3 Å². The lowest BCUT2D eigenvalue weighted by Crippen LogP contribution is -2.37. The zero-order valence-corrected chi connectivity index (χ0v) is 26.2. The summed E-state index contributed by atoms with van der Waals surface area (Å²) in [5.74, 6) is 1.83. The Labute approximate surface area is 280 Å². The summed E-state index contributed by atoms with van der Waals surface area (Å²) >= 11 is 0. The van der Waals surface area contributed by atoms with Gasteiger partial charge in [0.05, 0.1) is 11.5 Å². The Bertz CT molecular complexity index is 2300. The van der Waals surface area contributed by atoms with Crippen LogP contribution in [0.3, 0.4) is 0 Å². The zero-order valence-electron chi connectivity index (χ0n) is 26.2. The molecule has 2 atom stereocenters. The Morgan fingerprint density at radius 1 is 0.458 bits per heavy atom. The van der Waals surface area contributed by atoms with E-state index in [-0.39, 0.29) is 12.2 Å². The molecular formula is C45H32N2O. The number of para-hydroxylation sites is 3. The maximum Gasteiger partial charge on any atom is 0.132 e. The maximum absolute atomic E-state index is 6.49. The third kappa shape index (κ3) is 3.92. The number of nitrogens with one attached hydrogen (secondary N) is 2. The first kappa shape index (κ1) is 27.2. The number of ether oxygens (including phenoxy) is 1. The molecule has 3 heteroatoms. The highest BCUT2D eigenvalue weighted by molar-refractivity contribution is 5.90. The average Bonchev–Trinajstić information content (AvgIpc) is 3.45. The van der Waals surface area contributed by atoms with E-state index < -0.39 is 5.41 Å². The van der Waals surface area contributed by atoms with Crippen LogP contribution in [0.5, 0.6) is 11.5 Å². The number of hydrogen-bond acceptors (Lipinski definition) is 3. The molecule has 2 aliphatic heterocycles. The van der Waals surface area contributed by atoms with Gasteiger partial charge in [-0.15, -0.1) is 0 Å². The van der Waals surface area contributed by atoms with Gasteiger partial charge in [0, 0.05) is 16.8 Å². The fourth-order valence-electron chi connectivity index (χ4n) is 8.34. The van der Waals surface area contributed by atoms with Crippen molar-refractivity contribution in [2.45, 2.75) is 17.6 Å². The largest absolute Gasteiger partial charge is 0.457 e. The molecule has 0 saturated heterocycles. The van der Waals surface area contributed by atoms with Crippen molar-refractivity contribution in [2.24, 2.45) is 0 Å². The number of rotatable bonds is 3. The molecule has 228 valence electrons. The summed E-state index contributed by atoms with van der Waals surface area (Å²) in [5.41, 5.74) is 14.4. The minimum atomic E-state index is -0.441. The summed E-state index contributed by atoms with van der Waals surface area (Å²) < 4.78 is 6.49. The molecule has 7 aromatic rings. The smallest absolute Gasteiger partial charge is 0.132 e. The molecule has 0 amide bonds. The van der Waals surface area contributed by atoms with Crippen LogP contribution in [0, 0.1) is 0 Å². The Morgan fingerprint density at radius 2 is 1.06 bits per heavy atom. The van der Waals surface area contributed by atoms with E-state index in [9.17, 15) is 0 Å². The zero-order chi connectivity index (χ0) is 31.7. The van der Waals surface area contributed by atoms with Gasteiger partial charge in [0.15, 0.2) is 0 Å². The van der Waals surface area contributed by atoms with Gasteiger partial charge < -0.3 is 10.1 Å². The monoisotopic (exact) mass is 616 g/mol. The van der Waals surface area contributed by atoms with Crippen LogP contribution in [0.4, 0.5) is 5.69 Å². The molecule has 0 aromatic heterocycles. The molecule has 2 N–H and O–H groups in total. The molecular weight excluding hydrogens is 585 g/mol. The molecule has 3 nitrogen and oxygen atoms in total. The minimum absolute atomic E-state index is 0.0143. The van der Waals surface area contributed by atoms with Crippen LogP contribution in [-0.4, -0.2) is 0 Å². The van der Waals surface area contributed by atoms with Crippen LogP contribution in [0.15, 0.2) is 170 Å². The summed E-state index contributed by atoms with van der Waals surface area (Å²) in [4.78, 5) is 0. The molecule has 3 aliphatic rings. The van der Waals surface area contributed by atoms with E-state index in [2.05, 4.69) is 180 Å². The first-order chi connectivity index (χ1) is 23.8. The van der Waals surface area contributed by atoms with Crippen LogP contribution < -0.4 is 15.4 Å². The summed E-state index contributed by atoms with van der Waals surface area (Å²) in [6, 6.07) is 61.4. The van der Waals surface area contributed by atoms with E-state index in [0.29, 0.717) is 0 Å². The SMILES string of the molecule is c1ccc(C2NC(c3ccc(-c4ccc5c(c4)-c4ccccc4C54c5ccccc5Oc5ccccc54)cc3)Nc3ccccc32)cc1. The Balaban J connectivity index is 1.05. The van der Waals surface area contributed by atoms with Crippen molar-refractivity contribution in [3.05, 3.63) is 209 Å². The van der Waals surface area contributed by atoms with Crippen LogP contribution in [0.1, 0.15) is 51.2 Å². The average molecular weight is 617 g/mol. The molecule has 1 aliphatic carbocycles. The molecule has 48 heavy (non-hydrogen) atoms. The van der Waals surface area contributed by atoms with Crippen molar-refractivity contribution in [2.75, 3.05) is 5.32 Å². The number of hydrogen-bond donors (Lipinski definition) is 2. The van der Waals surface area contributed by atoms with Crippen molar-refractivity contribution >= 4 is 5.69 Å². The van der Waals surface area contributed by atoms with Crippen LogP contribution >= 0.6 is 0 Å². The van der Waals surface area contributed by atoms with Gasteiger partial charge in [-0.05, 0) is 74.3 Å². The quantitative estimate of drug-likeness (QED) is 0.207. The third-order valence-corrected chi connectivity index (χ3v) is 10.5. The lowest BCUT2D eigenvalue weighted by Gasteiger charge is -2.39. The second-order valence-electron chi connectivity index (χ2n) is 12.9. The summed E-state index contributed by atoms with van der Waals surface area (Å²) in [6.45, 7) is 0. The van der Waals surface area contributed by atoms with Crippen molar-refractivity contribution in [1.29, 1.82) is 0 Å². The highest BCUT2D eigenvalue weighted by Gasteiger charge is 2.50. The third-order valence-electron chi connectivity index (χ3n) is 10.5. The predicted octanol–water partition coefficient (Wildman–Crippen LogP) is 10.6. The van der Waals surface area contributed by atoms with E-state index in [1.807, 2.05) is 0 Å². The molecule has 0 saturated carbocycles. The van der Waals surface area contributed by atoms with Gasteiger partial charge in [0.1, 0.15) is 17.7 Å². The molecule has 0 radical (unpaired) electrons. The lowest BCUT2D eigenvalue weighted by atomic mass is 9.66. The van der Waals surface area contributed by atoms with Gasteiger partial charge in [-0.1, -0.05) is 146 Å². The van der Waals surface area contributed by atoms with Gasteiger partial charge in [-0.3, -0.25) is 5.32 Å². The highest BCUT2D eigenvalue weighted by atomic mass is 16.5. The Morgan fingerprint density at radius 3 is 1.83 bits per heavy atom. The number of benzene rings is 7. The lowest BCUT2D eigenvalue weighted by molar-refractivity contribution is 0.436. The van der Waals surface area contributed by atoms with Gasteiger partial charge in [-0.2, -0.15) is 0 Å². The van der Waals surface area contributed by atoms with Crippen molar-refractivity contribution in [1.82, 2.24) is 5.32 Å². The Kier molecular flexibility index (Phi) is 5.99. The fourth-order valence-corrected chi connectivity index (χ4v) is 8.34. The second-order valence-corrected chi connectivity index (χ2v) is 12.9. The first-order valence-electron chi connectivity index (χ1n) is 16.7. The summed E-state index contributed by atoms with van der Waals surface area (Å²) in [6.07, 6.45) is -0.0143. The second kappa shape index (κ2) is 10.6. The van der Waals surface area contributed by atoms with E-state index in [1.165, 1.54) is 66.9 Å². The molecule has 7 aromatic carbocycles. The van der Waals surface area contributed by atoms with Crippen molar-refractivity contribution in [3.8, 4) is 33.8 Å². The molecule has 1 spiro atoms. The predicted molar refractivity (Wildman–Crippen MR) is 193 cm³/mol. The Hall–Kier alpha value is -5.90. The van der Waals surface area contributed by atoms with Crippen molar-refractivity contribution in [3.63, 3.8) is 0 Å². The molecule has 0 fully saturated rings. The number of fused-ring (bicyclic) bond motifs is 10. The topological polar surface area (TPSA) is 33.3 Å². The van der Waals surface area contributed by atoms with Crippen LogP contribution in [-0.2, 0) is 5.41 Å². The molecule has 2 unspecified atom stereocenters. The summed E-state index contributed by atoms with van der Waals surface area (Å²) in [5, 5.41) is 7.62. The van der Waals surface area contributed by atoms with Gasteiger partial charge in [0.25, 0.3) is 0 Å². The normalized spacial score (nSPS) is 17.6. The van der Waals surface area contributed by atoms with E-state index in [4.69, 9.17) is 4.74 Å². The molecule has 10 rings (SSSR count). The van der Waals surface area contributed by atoms with Crippen LogP contribution in [0.2, 0.25) is 0 Å². The molecule has 0 bridgehead atoms. The highest BCUT2D eigenvalue weighted by Crippen LogP contribution is 2.62. The first-order valence-corrected chi connectivity index (χ1v) is 16.7. The van der Waals surface area contributed by atoms with Crippen molar-refractivity contribution < 1.29 is 4.74 Å². The fraction of sp³-hybridized carbons (Fsp3) is 0.0667. The van der Waals surface area contributed by atoms with E-state index in [0.717, 1.165) is 11.5 Å². The molecule has 2 heterocycles. The van der Waals surface area contributed by atoms with Gasteiger partial charge in [0.2, 0.25) is 0 Å². The van der Waals surface area contributed by atoms with Gasteiger partial charge >= 0.3 is 0 Å². The summed E-state index contributed by atoms with van der Waals surface area (Å²) in [7, 11) is 0.